The number of nitro benzene ring substituents is 1. The number of hydrogen-bond donors (Lipinski definition) is 1. The predicted molar refractivity (Wildman–Crippen MR) is 76.3 cm³/mol. The Morgan fingerprint density at radius 1 is 1.15 bits per heavy atom. The fourth-order valence-corrected chi connectivity index (χ4v) is 1.87. The number of non-ortho nitro benzene ring substituents is 1. The summed E-state index contributed by atoms with van der Waals surface area (Å²) in [7, 11) is 0. The molecule has 0 heterocycles. The summed E-state index contributed by atoms with van der Waals surface area (Å²) >= 11 is 0. The van der Waals surface area contributed by atoms with E-state index < -0.39 is 10.7 Å². The fourth-order valence-electron chi connectivity index (χ4n) is 1.87. The van der Waals surface area contributed by atoms with Crippen molar-refractivity contribution in [1.82, 2.24) is 0 Å². The van der Waals surface area contributed by atoms with E-state index in [1.54, 1.807) is 0 Å². The monoisotopic (exact) mass is 274 g/mol. The third-order valence-electron chi connectivity index (χ3n) is 3.22. The molecule has 104 valence electrons. The number of halogens is 1. The van der Waals surface area contributed by atoms with Gasteiger partial charge in [0.25, 0.3) is 5.69 Å². The number of nitro groups is 1. The quantitative estimate of drug-likeness (QED) is 0.678. The van der Waals surface area contributed by atoms with Crippen LogP contribution in [0.5, 0.6) is 0 Å². The summed E-state index contributed by atoms with van der Waals surface area (Å²) in [6.07, 6.45) is 0. The van der Waals surface area contributed by atoms with E-state index >= 15 is 0 Å². The van der Waals surface area contributed by atoms with Crippen molar-refractivity contribution < 1.29 is 9.31 Å². The molecule has 0 saturated heterocycles. The molecule has 0 bridgehead atoms. The molecule has 0 atom stereocenters. The highest BCUT2D eigenvalue weighted by Crippen LogP contribution is 2.22. The number of anilines is 1. The normalized spacial score (nSPS) is 10.3. The SMILES string of the molecule is Cc1ccc(CNc2cc([N+](=O)[O-])ccc2F)cc1C. The molecule has 0 radical (unpaired) electrons. The number of benzene rings is 2. The molecule has 20 heavy (non-hydrogen) atoms. The first-order chi connectivity index (χ1) is 9.47. The Balaban J connectivity index is 2.15. The highest BCUT2D eigenvalue weighted by molar-refractivity contribution is 5.52. The van der Waals surface area contributed by atoms with E-state index in [4.69, 9.17) is 0 Å². The zero-order valence-electron chi connectivity index (χ0n) is 11.3. The van der Waals surface area contributed by atoms with Gasteiger partial charge >= 0.3 is 0 Å². The lowest BCUT2D eigenvalue weighted by Gasteiger charge is -2.09. The highest BCUT2D eigenvalue weighted by Gasteiger charge is 2.10. The first-order valence-electron chi connectivity index (χ1n) is 6.21. The lowest BCUT2D eigenvalue weighted by Crippen LogP contribution is -2.03. The largest absolute Gasteiger partial charge is 0.378 e. The van der Waals surface area contributed by atoms with Gasteiger partial charge in [0, 0.05) is 18.7 Å². The highest BCUT2D eigenvalue weighted by atomic mass is 19.1. The minimum atomic E-state index is -0.541. The lowest BCUT2D eigenvalue weighted by molar-refractivity contribution is -0.384. The topological polar surface area (TPSA) is 55.2 Å². The lowest BCUT2D eigenvalue weighted by atomic mass is 10.1. The number of rotatable bonds is 4. The van der Waals surface area contributed by atoms with E-state index in [1.165, 1.54) is 11.6 Å². The maximum absolute atomic E-state index is 13.6. The Bertz CT molecular complexity index is 656. The van der Waals surface area contributed by atoms with Crippen molar-refractivity contribution in [3.05, 3.63) is 69.0 Å². The van der Waals surface area contributed by atoms with Crippen molar-refractivity contribution in [3.63, 3.8) is 0 Å². The third kappa shape index (κ3) is 3.12. The van der Waals surface area contributed by atoms with Crippen LogP contribution in [0.15, 0.2) is 36.4 Å². The van der Waals surface area contributed by atoms with Gasteiger partial charge in [-0.3, -0.25) is 10.1 Å². The summed E-state index contributed by atoms with van der Waals surface area (Å²) in [6, 6.07) is 9.41. The smallest absolute Gasteiger partial charge is 0.271 e. The van der Waals surface area contributed by atoms with Crippen molar-refractivity contribution >= 4 is 11.4 Å². The Morgan fingerprint density at radius 2 is 1.90 bits per heavy atom. The standard InChI is InChI=1S/C15H15FN2O2/c1-10-3-4-12(7-11(10)2)9-17-15-8-13(18(19)20)5-6-14(15)16/h3-8,17H,9H2,1-2H3. The molecule has 5 heteroatoms. The van der Waals surface area contributed by atoms with E-state index in [2.05, 4.69) is 5.32 Å². The molecule has 0 fully saturated rings. The third-order valence-corrected chi connectivity index (χ3v) is 3.22. The van der Waals surface area contributed by atoms with Crippen LogP contribution in [-0.4, -0.2) is 4.92 Å². The molecule has 4 nitrogen and oxygen atoms in total. The van der Waals surface area contributed by atoms with Gasteiger partial charge in [-0.1, -0.05) is 18.2 Å². The molecule has 0 saturated carbocycles. The van der Waals surface area contributed by atoms with Gasteiger partial charge in [0.2, 0.25) is 0 Å². The molecule has 2 aromatic rings. The Hall–Kier alpha value is -2.43. The molecule has 0 unspecified atom stereocenters. The van der Waals surface area contributed by atoms with Crippen molar-refractivity contribution in [2.75, 3.05) is 5.32 Å². The summed E-state index contributed by atoms with van der Waals surface area (Å²) in [5, 5.41) is 13.6. The average Bonchev–Trinajstić information content (AvgIpc) is 2.41. The summed E-state index contributed by atoms with van der Waals surface area (Å²) < 4.78 is 13.6. The second-order valence-electron chi connectivity index (χ2n) is 4.69. The van der Waals surface area contributed by atoms with Crippen molar-refractivity contribution in [2.24, 2.45) is 0 Å². The number of nitrogens with one attached hydrogen (secondary N) is 1. The van der Waals surface area contributed by atoms with Crippen LogP contribution < -0.4 is 5.32 Å². The molecule has 0 aliphatic heterocycles. The van der Waals surface area contributed by atoms with Crippen LogP contribution in [0.4, 0.5) is 15.8 Å². The van der Waals surface area contributed by atoms with Gasteiger partial charge in [-0.2, -0.15) is 0 Å². The molecule has 0 amide bonds. The first-order valence-corrected chi connectivity index (χ1v) is 6.21. The molecule has 1 N–H and O–H groups in total. The molecular weight excluding hydrogens is 259 g/mol. The van der Waals surface area contributed by atoms with Crippen LogP contribution >= 0.6 is 0 Å². The van der Waals surface area contributed by atoms with Gasteiger partial charge in [-0.05, 0) is 36.6 Å². The van der Waals surface area contributed by atoms with Crippen LogP contribution in [0.1, 0.15) is 16.7 Å². The predicted octanol–water partition coefficient (Wildman–Crippen LogP) is 3.96. The number of nitrogens with zero attached hydrogens (tertiary/aromatic N) is 1. The van der Waals surface area contributed by atoms with Gasteiger partial charge in [0.05, 0.1) is 10.6 Å². The van der Waals surface area contributed by atoms with Crippen molar-refractivity contribution in [3.8, 4) is 0 Å². The molecule has 0 aromatic heterocycles. The van der Waals surface area contributed by atoms with E-state index in [0.29, 0.717) is 6.54 Å². The molecule has 2 aromatic carbocycles. The Labute approximate surface area is 116 Å². The Kier molecular flexibility index (Phi) is 3.98. The minimum absolute atomic E-state index is 0.131. The summed E-state index contributed by atoms with van der Waals surface area (Å²) in [5.41, 5.74) is 3.35. The minimum Gasteiger partial charge on any atom is -0.378 e. The van der Waals surface area contributed by atoms with E-state index in [1.807, 2.05) is 32.0 Å². The van der Waals surface area contributed by atoms with Crippen LogP contribution in [-0.2, 0) is 6.54 Å². The van der Waals surface area contributed by atoms with E-state index in [0.717, 1.165) is 23.3 Å². The first kappa shape index (κ1) is 14.0. The summed E-state index contributed by atoms with van der Waals surface area (Å²) in [4.78, 5) is 10.1. The van der Waals surface area contributed by atoms with Crippen LogP contribution in [0.3, 0.4) is 0 Å². The van der Waals surface area contributed by atoms with E-state index in [9.17, 15) is 14.5 Å². The number of hydrogen-bond acceptors (Lipinski definition) is 3. The molecule has 0 spiro atoms. The summed E-state index contributed by atoms with van der Waals surface area (Å²) in [5.74, 6) is -0.501. The van der Waals surface area contributed by atoms with Gasteiger partial charge < -0.3 is 5.32 Å². The summed E-state index contributed by atoms with van der Waals surface area (Å²) in [6.45, 7) is 4.44. The van der Waals surface area contributed by atoms with Gasteiger partial charge in [-0.15, -0.1) is 0 Å². The molecular formula is C15H15FN2O2. The molecule has 2 rings (SSSR count). The molecule has 0 aliphatic carbocycles. The maximum Gasteiger partial charge on any atom is 0.271 e. The van der Waals surface area contributed by atoms with Crippen LogP contribution in [0.2, 0.25) is 0 Å². The van der Waals surface area contributed by atoms with Gasteiger partial charge in [-0.25, -0.2) is 4.39 Å². The average molecular weight is 274 g/mol. The van der Waals surface area contributed by atoms with Crippen molar-refractivity contribution in [2.45, 2.75) is 20.4 Å². The zero-order chi connectivity index (χ0) is 14.7. The molecule has 0 aliphatic rings. The fraction of sp³-hybridized carbons (Fsp3) is 0.200. The zero-order valence-corrected chi connectivity index (χ0v) is 11.3. The number of aryl methyl sites for hydroxylation is 2. The Morgan fingerprint density at radius 3 is 2.55 bits per heavy atom. The van der Waals surface area contributed by atoms with Crippen LogP contribution in [0.25, 0.3) is 0 Å². The van der Waals surface area contributed by atoms with Crippen LogP contribution in [0, 0.1) is 29.8 Å². The van der Waals surface area contributed by atoms with E-state index in [-0.39, 0.29) is 11.4 Å². The van der Waals surface area contributed by atoms with Gasteiger partial charge in [0.15, 0.2) is 0 Å². The second-order valence-corrected chi connectivity index (χ2v) is 4.69. The maximum atomic E-state index is 13.6. The van der Waals surface area contributed by atoms with Gasteiger partial charge in [0.1, 0.15) is 5.82 Å². The van der Waals surface area contributed by atoms with Crippen molar-refractivity contribution in [1.29, 1.82) is 0 Å². The second kappa shape index (κ2) is 5.69.